The second-order valence-electron chi connectivity index (χ2n) is 4.54. The molecule has 0 aliphatic carbocycles. The Morgan fingerprint density at radius 2 is 1.88 bits per heavy atom. The van der Waals surface area contributed by atoms with Gasteiger partial charge >= 0.3 is 0 Å². The standard InChI is InChI=1S/C10H21ClN2O3S/c1-8(2)7-9(10(14)13(3)4)12-17(15,16)6-5-11/h8-9,12H,5-7H2,1-4H3. The summed E-state index contributed by atoms with van der Waals surface area (Å²) in [6.07, 6.45) is 0.471. The van der Waals surface area contributed by atoms with Crippen molar-refractivity contribution in [3.63, 3.8) is 0 Å². The minimum Gasteiger partial charge on any atom is -0.347 e. The van der Waals surface area contributed by atoms with E-state index >= 15 is 0 Å². The molecule has 17 heavy (non-hydrogen) atoms. The van der Waals surface area contributed by atoms with Crippen molar-refractivity contribution >= 4 is 27.5 Å². The predicted octanol–water partition coefficient (Wildman–Crippen LogP) is 0.647. The first-order valence-corrected chi connectivity index (χ1v) is 7.65. The van der Waals surface area contributed by atoms with Crippen molar-refractivity contribution in [3.05, 3.63) is 0 Å². The van der Waals surface area contributed by atoms with Crippen LogP contribution in [0.1, 0.15) is 20.3 Å². The fraction of sp³-hybridized carbons (Fsp3) is 0.900. The molecule has 7 heteroatoms. The van der Waals surface area contributed by atoms with Gasteiger partial charge in [0.25, 0.3) is 0 Å². The number of carbonyl (C=O) groups excluding carboxylic acids is 1. The van der Waals surface area contributed by atoms with Gasteiger partial charge in [-0.1, -0.05) is 13.8 Å². The summed E-state index contributed by atoms with van der Waals surface area (Å²) in [6, 6.07) is -0.710. The molecule has 0 spiro atoms. The molecule has 5 nitrogen and oxygen atoms in total. The van der Waals surface area contributed by atoms with Crippen LogP contribution in [0.4, 0.5) is 0 Å². The van der Waals surface area contributed by atoms with Crippen molar-refractivity contribution in [2.75, 3.05) is 25.7 Å². The number of alkyl halides is 1. The van der Waals surface area contributed by atoms with Gasteiger partial charge in [0.1, 0.15) is 6.04 Å². The van der Waals surface area contributed by atoms with Gasteiger partial charge in [0.2, 0.25) is 15.9 Å². The first kappa shape index (κ1) is 16.7. The molecule has 1 atom stereocenters. The van der Waals surface area contributed by atoms with E-state index in [4.69, 9.17) is 11.6 Å². The molecule has 0 aromatic heterocycles. The zero-order valence-corrected chi connectivity index (χ0v) is 12.3. The van der Waals surface area contributed by atoms with Crippen molar-refractivity contribution in [2.24, 2.45) is 5.92 Å². The van der Waals surface area contributed by atoms with Gasteiger partial charge in [0.05, 0.1) is 5.75 Å². The van der Waals surface area contributed by atoms with E-state index < -0.39 is 16.1 Å². The third-order valence-corrected chi connectivity index (χ3v) is 3.91. The van der Waals surface area contributed by atoms with Crippen molar-refractivity contribution in [3.8, 4) is 0 Å². The lowest BCUT2D eigenvalue weighted by Crippen LogP contribution is -2.47. The van der Waals surface area contributed by atoms with Crippen LogP contribution in [0.25, 0.3) is 0 Å². The zero-order valence-electron chi connectivity index (χ0n) is 10.7. The Morgan fingerprint density at radius 1 is 1.35 bits per heavy atom. The summed E-state index contributed by atoms with van der Waals surface area (Å²) in [6.45, 7) is 3.87. The molecule has 0 aromatic carbocycles. The number of rotatable bonds is 7. The lowest BCUT2D eigenvalue weighted by Gasteiger charge is -2.22. The molecule has 0 saturated carbocycles. The average Bonchev–Trinajstić information content (AvgIpc) is 2.13. The Bertz CT molecular complexity index is 341. The van der Waals surface area contributed by atoms with Crippen LogP contribution in [0.2, 0.25) is 0 Å². The normalized spacial score (nSPS) is 13.8. The second-order valence-corrected chi connectivity index (χ2v) is 6.79. The van der Waals surface area contributed by atoms with Crippen LogP contribution in [-0.2, 0) is 14.8 Å². The van der Waals surface area contributed by atoms with Gasteiger partial charge in [-0.15, -0.1) is 11.6 Å². The molecule has 0 rings (SSSR count). The minimum absolute atomic E-state index is 0.0138. The van der Waals surface area contributed by atoms with E-state index in [1.165, 1.54) is 4.90 Å². The smallest absolute Gasteiger partial charge is 0.240 e. The predicted molar refractivity (Wildman–Crippen MR) is 69.6 cm³/mol. The molecular weight excluding hydrogens is 264 g/mol. The number of hydrogen-bond donors (Lipinski definition) is 1. The topological polar surface area (TPSA) is 66.5 Å². The van der Waals surface area contributed by atoms with Crippen molar-refractivity contribution < 1.29 is 13.2 Å². The van der Waals surface area contributed by atoms with E-state index in [0.29, 0.717) is 6.42 Å². The van der Waals surface area contributed by atoms with Gasteiger partial charge in [0, 0.05) is 20.0 Å². The van der Waals surface area contributed by atoms with Gasteiger partial charge in [-0.05, 0) is 12.3 Å². The van der Waals surface area contributed by atoms with E-state index in [1.54, 1.807) is 14.1 Å². The van der Waals surface area contributed by atoms with Crippen LogP contribution in [-0.4, -0.2) is 51.0 Å². The molecule has 0 fully saturated rings. The van der Waals surface area contributed by atoms with Gasteiger partial charge < -0.3 is 4.90 Å². The van der Waals surface area contributed by atoms with Crippen LogP contribution in [0.5, 0.6) is 0 Å². The molecule has 0 aromatic rings. The Kier molecular flexibility index (Phi) is 7.04. The summed E-state index contributed by atoms with van der Waals surface area (Å²) in [5.41, 5.74) is 0. The number of amides is 1. The lowest BCUT2D eigenvalue weighted by molar-refractivity contribution is -0.130. The number of nitrogens with one attached hydrogen (secondary N) is 1. The molecule has 0 radical (unpaired) electrons. The summed E-state index contributed by atoms with van der Waals surface area (Å²) in [4.78, 5) is 13.2. The van der Waals surface area contributed by atoms with Crippen molar-refractivity contribution in [1.29, 1.82) is 0 Å². The summed E-state index contributed by atoms with van der Waals surface area (Å²) >= 11 is 5.40. The molecule has 0 aliphatic rings. The molecule has 0 saturated heterocycles. The van der Waals surface area contributed by atoms with E-state index in [1.807, 2.05) is 13.8 Å². The van der Waals surface area contributed by atoms with Crippen LogP contribution >= 0.6 is 11.6 Å². The molecule has 102 valence electrons. The van der Waals surface area contributed by atoms with Crippen LogP contribution in [0.15, 0.2) is 0 Å². The largest absolute Gasteiger partial charge is 0.347 e. The van der Waals surface area contributed by atoms with Gasteiger partial charge in [-0.3, -0.25) is 4.79 Å². The molecule has 1 N–H and O–H groups in total. The maximum absolute atomic E-state index is 11.8. The summed E-state index contributed by atoms with van der Waals surface area (Å²) in [7, 11) is -0.279. The molecular formula is C10H21ClN2O3S. The fourth-order valence-corrected chi connectivity index (χ4v) is 2.92. The Balaban J connectivity index is 4.77. The van der Waals surface area contributed by atoms with Crippen LogP contribution < -0.4 is 4.72 Å². The van der Waals surface area contributed by atoms with Crippen LogP contribution in [0, 0.1) is 5.92 Å². The number of likely N-dealkylation sites (N-methyl/N-ethyl adjacent to an activating group) is 1. The molecule has 1 unspecified atom stereocenters. The maximum atomic E-state index is 11.8. The average molecular weight is 285 g/mol. The Morgan fingerprint density at radius 3 is 2.24 bits per heavy atom. The third-order valence-electron chi connectivity index (χ3n) is 2.11. The number of hydrogen-bond acceptors (Lipinski definition) is 3. The molecule has 1 amide bonds. The van der Waals surface area contributed by atoms with Gasteiger partial charge in [-0.2, -0.15) is 0 Å². The zero-order chi connectivity index (χ0) is 13.6. The lowest BCUT2D eigenvalue weighted by atomic mass is 10.0. The van der Waals surface area contributed by atoms with Gasteiger partial charge in [0.15, 0.2) is 0 Å². The molecule has 0 bridgehead atoms. The number of nitrogens with zero attached hydrogens (tertiary/aromatic N) is 1. The first-order valence-electron chi connectivity index (χ1n) is 5.46. The Labute approximate surface area is 109 Å². The number of sulfonamides is 1. The van der Waals surface area contributed by atoms with E-state index in [0.717, 1.165) is 0 Å². The molecule has 0 heterocycles. The Hall–Kier alpha value is -0.330. The minimum atomic E-state index is -3.48. The number of carbonyl (C=O) groups is 1. The van der Waals surface area contributed by atoms with E-state index in [2.05, 4.69) is 4.72 Å². The number of halogens is 1. The maximum Gasteiger partial charge on any atom is 0.240 e. The highest BCUT2D eigenvalue weighted by Gasteiger charge is 2.25. The highest BCUT2D eigenvalue weighted by molar-refractivity contribution is 7.89. The molecule has 0 aliphatic heterocycles. The SMILES string of the molecule is CC(C)CC(NS(=O)(=O)CCCl)C(=O)N(C)C. The van der Waals surface area contributed by atoms with Crippen molar-refractivity contribution in [2.45, 2.75) is 26.3 Å². The highest BCUT2D eigenvalue weighted by atomic mass is 35.5. The highest BCUT2D eigenvalue weighted by Crippen LogP contribution is 2.08. The second kappa shape index (κ2) is 7.18. The summed E-state index contributed by atoms with van der Waals surface area (Å²) in [5, 5.41) is 0. The van der Waals surface area contributed by atoms with Gasteiger partial charge in [-0.25, -0.2) is 13.1 Å². The van der Waals surface area contributed by atoms with Crippen LogP contribution in [0.3, 0.4) is 0 Å². The monoisotopic (exact) mass is 284 g/mol. The summed E-state index contributed by atoms with van der Waals surface area (Å²) in [5.74, 6) is -0.177. The van der Waals surface area contributed by atoms with E-state index in [-0.39, 0.29) is 23.5 Å². The third kappa shape index (κ3) is 6.85. The first-order chi connectivity index (χ1) is 7.69. The summed E-state index contributed by atoms with van der Waals surface area (Å²) < 4.78 is 25.6. The van der Waals surface area contributed by atoms with E-state index in [9.17, 15) is 13.2 Å². The van der Waals surface area contributed by atoms with Crippen molar-refractivity contribution in [1.82, 2.24) is 9.62 Å². The fourth-order valence-electron chi connectivity index (χ4n) is 1.36. The quantitative estimate of drug-likeness (QED) is 0.698.